The number of hydrogen-bond donors (Lipinski definition) is 0. The fraction of sp³-hybridized carbons (Fsp3) is 0. The number of oxazole rings is 2. The van der Waals surface area contributed by atoms with E-state index < -0.39 is 8.07 Å². The van der Waals surface area contributed by atoms with Crippen molar-refractivity contribution in [1.82, 2.24) is 9.97 Å². The Labute approximate surface area is 400 Å². The molecular weight excluding hydrogens is 861 g/mol. The van der Waals surface area contributed by atoms with Gasteiger partial charge < -0.3 is 18.6 Å². The molecule has 7 heteroatoms. The van der Waals surface area contributed by atoms with Crippen LogP contribution in [0.1, 0.15) is 0 Å². The van der Waals surface area contributed by atoms with E-state index in [0.29, 0.717) is 22.9 Å². The molecule has 0 unspecified atom stereocenters. The molecule has 13 rings (SSSR count). The minimum atomic E-state index is -3.39. The monoisotopic (exact) mass is 902 g/mol. The molecule has 0 atom stereocenters. The van der Waals surface area contributed by atoms with E-state index in [1.807, 2.05) is 36.4 Å². The summed E-state index contributed by atoms with van der Waals surface area (Å²) in [5.74, 6) is 1.08. The van der Waals surface area contributed by atoms with Crippen molar-refractivity contribution in [2.24, 2.45) is 0 Å². The van der Waals surface area contributed by atoms with Crippen LogP contribution in [-0.4, -0.2) is 18.0 Å². The lowest BCUT2D eigenvalue weighted by molar-refractivity contribution is 0.617. The summed E-state index contributed by atoms with van der Waals surface area (Å²) < 4.78 is 14.7. The number of hydrogen-bond acceptors (Lipinski definition) is 6. The molecule has 2 aromatic heterocycles. The minimum absolute atomic E-state index is 0.538. The SMILES string of the molecule is c1ccc(-c2nc3c(N(c4ccccc4)c4ccccc4)cc4c(c3o2)-c2c(cc(N(c3ccccc3)c3ccccc3)c3nc(-c5ccccc5)oc23)[Si]4(c2ccccc2)c2ccccc2)cc1. The molecule has 0 amide bonds. The van der Waals surface area contributed by atoms with Crippen LogP contribution >= 0.6 is 0 Å². The van der Waals surface area contributed by atoms with Crippen molar-refractivity contribution < 1.29 is 8.83 Å². The number of benzene rings is 10. The molecule has 12 aromatic rings. The molecule has 0 spiro atoms. The topological polar surface area (TPSA) is 58.5 Å². The van der Waals surface area contributed by atoms with Crippen molar-refractivity contribution in [3.8, 4) is 34.0 Å². The summed E-state index contributed by atoms with van der Waals surface area (Å²) in [4.78, 5) is 15.7. The van der Waals surface area contributed by atoms with Gasteiger partial charge in [0.1, 0.15) is 11.0 Å². The molecule has 3 heterocycles. The third-order valence-electron chi connectivity index (χ3n) is 13.3. The number of anilines is 6. The quantitative estimate of drug-likeness (QED) is 0.127. The van der Waals surface area contributed by atoms with E-state index in [9.17, 15) is 0 Å². The fourth-order valence-corrected chi connectivity index (χ4v) is 15.6. The van der Waals surface area contributed by atoms with Crippen molar-refractivity contribution in [2.75, 3.05) is 9.80 Å². The van der Waals surface area contributed by atoms with E-state index in [2.05, 4.69) is 228 Å². The van der Waals surface area contributed by atoms with Crippen LogP contribution in [0.3, 0.4) is 0 Å². The molecule has 0 saturated carbocycles. The average molecular weight is 903 g/mol. The number of rotatable bonds is 10. The maximum Gasteiger partial charge on any atom is 0.227 e. The maximum absolute atomic E-state index is 7.35. The van der Waals surface area contributed by atoms with Gasteiger partial charge in [-0.1, -0.05) is 170 Å². The lowest BCUT2D eigenvalue weighted by Gasteiger charge is -2.33. The van der Waals surface area contributed by atoms with Crippen molar-refractivity contribution in [3.63, 3.8) is 0 Å². The standard InChI is InChI=1S/C62H42N4O2Si/c1-9-25-43(26-10-1)61-63-57-51(65(45-29-13-3-14-30-45)46-31-15-4-16-32-46)41-53-55(59(57)67-61)56-54(69(53,49-37-21-7-22-38-49)50-39-23-8-24-40-50)42-52(58-60(56)68-62(64-58)44-27-11-2-12-28-44)66(47-33-17-5-18-34-47)48-35-19-6-20-36-48/h1-42H. The van der Waals surface area contributed by atoms with Crippen LogP contribution in [0.15, 0.2) is 264 Å². The van der Waals surface area contributed by atoms with Gasteiger partial charge in [0, 0.05) is 45.0 Å². The second-order valence-corrected chi connectivity index (χ2v) is 21.0. The molecule has 10 aromatic carbocycles. The largest absolute Gasteiger partial charge is 0.435 e. The molecule has 0 aliphatic carbocycles. The number of para-hydroxylation sites is 4. The first kappa shape index (κ1) is 40.2. The Hall–Kier alpha value is -9.04. The molecule has 69 heavy (non-hydrogen) atoms. The molecule has 1 aliphatic heterocycles. The smallest absolute Gasteiger partial charge is 0.227 e. The second-order valence-electron chi connectivity index (χ2n) is 17.3. The highest BCUT2D eigenvalue weighted by Gasteiger charge is 2.53. The summed E-state index contributed by atoms with van der Waals surface area (Å²) >= 11 is 0. The highest BCUT2D eigenvalue weighted by molar-refractivity contribution is 7.22. The van der Waals surface area contributed by atoms with Gasteiger partial charge in [-0.3, -0.25) is 0 Å². The maximum atomic E-state index is 7.35. The summed E-state index contributed by atoms with van der Waals surface area (Å²) in [5.41, 5.74) is 12.4. The van der Waals surface area contributed by atoms with Gasteiger partial charge in [0.2, 0.25) is 11.8 Å². The van der Waals surface area contributed by atoms with Crippen LogP contribution in [0, 0.1) is 0 Å². The van der Waals surface area contributed by atoms with Crippen LogP contribution in [0.2, 0.25) is 0 Å². The van der Waals surface area contributed by atoms with Gasteiger partial charge in [-0.15, -0.1) is 0 Å². The van der Waals surface area contributed by atoms with E-state index >= 15 is 0 Å². The normalized spacial score (nSPS) is 12.5. The van der Waals surface area contributed by atoms with Gasteiger partial charge in [0.15, 0.2) is 19.2 Å². The van der Waals surface area contributed by atoms with Crippen LogP contribution < -0.4 is 30.5 Å². The summed E-state index contributed by atoms with van der Waals surface area (Å²) in [6.45, 7) is 0. The second kappa shape index (κ2) is 16.7. The summed E-state index contributed by atoms with van der Waals surface area (Å²) in [5, 5.41) is 4.81. The molecule has 0 N–H and O–H groups in total. The zero-order chi connectivity index (χ0) is 45.7. The Morgan fingerprint density at radius 2 is 0.594 bits per heavy atom. The van der Waals surface area contributed by atoms with Crippen molar-refractivity contribution in [1.29, 1.82) is 0 Å². The summed E-state index contributed by atoms with van der Waals surface area (Å²) in [6.07, 6.45) is 0. The van der Waals surface area contributed by atoms with Gasteiger partial charge in [0.25, 0.3) is 0 Å². The van der Waals surface area contributed by atoms with Crippen molar-refractivity contribution >= 4 is 85.1 Å². The summed E-state index contributed by atoms with van der Waals surface area (Å²) in [6, 6.07) is 89.7. The van der Waals surface area contributed by atoms with Gasteiger partial charge in [-0.2, -0.15) is 0 Å². The number of nitrogens with zero attached hydrogens (tertiary/aromatic N) is 4. The first-order valence-electron chi connectivity index (χ1n) is 23.2. The highest BCUT2D eigenvalue weighted by atomic mass is 28.3. The first-order chi connectivity index (χ1) is 34.3. The van der Waals surface area contributed by atoms with Crippen molar-refractivity contribution in [2.45, 2.75) is 0 Å². The Balaban J connectivity index is 1.25. The van der Waals surface area contributed by atoms with Crippen LogP contribution in [0.4, 0.5) is 34.1 Å². The van der Waals surface area contributed by atoms with Gasteiger partial charge >= 0.3 is 0 Å². The Bertz CT molecular complexity index is 3430. The predicted octanol–water partition coefficient (Wildman–Crippen LogP) is 13.6. The Kier molecular flexibility index (Phi) is 9.73. The third kappa shape index (κ3) is 6.54. The van der Waals surface area contributed by atoms with E-state index in [4.69, 9.17) is 18.8 Å². The zero-order valence-electron chi connectivity index (χ0n) is 37.4. The fourth-order valence-electron chi connectivity index (χ4n) is 10.4. The van der Waals surface area contributed by atoms with E-state index in [0.717, 1.165) is 67.4 Å². The number of fused-ring (bicyclic) bond motifs is 7. The molecular formula is C62H42N4O2Si. The lowest BCUT2D eigenvalue weighted by Crippen LogP contribution is -2.72. The van der Waals surface area contributed by atoms with Gasteiger partial charge in [-0.25, -0.2) is 9.97 Å². The molecule has 1 aliphatic rings. The first-order valence-corrected chi connectivity index (χ1v) is 25.2. The number of aromatic nitrogens is 2. The summed E-state index contributed by atoms with van der Waals surface area (Å²) in [7, 11) is -3.39. The Morgan fingerprint density at radius 1 is 0.319 bits per heavy atom. The van der Waals surface area contributed by atoms with E-state index in [-0.39, 0.29) is 0 Å². The van der Waals surface area contributed by atoms with Gasteiger partial charge in [-0.05, 0) is 106 Å². The minimum Gasteiger partial charge on any atom is -0.435 e. The molecule has 0 radical (unpaired) electrons. The molecule has 326 valence electrons. The van der Waals surface area contributed by atoms with E-state index in [1.54, 1.807) is 0 Å². The van der Waals surface area contributed by atoms with Crippen LogP contribution in [-0.2, 0) is 0 Å². The lowest BCUT2D eigenvalue weighted by atomic mass is 10.0. The van der Waals surface area contributed by atoms with Crippen molar-refractivity contribution in [3.05, 3.63) is 255 Å². The van der Waals surface area contributed by atoms with Gasteiger partial charge in [0.05, 0.1) is 11.4 Å². The Morgan fingerprint density at radius 3 is 0.899 bits per heavy atom. The zero-order valence-corrected chi connectivity index (χ0v) is 38.4. The van der Waals surface area contributed by atoms with Crippen LogP contribution in [0.5, 0.6) is 0 Å². The molecule has 0 fully saturated rings. The van der Waals surface area contributed by atoms with Crippen LogP contribution in [0.25, 0.3) is 56.2 Å². The predicted molar refractivity (Wildman–Crippen MR) is 284 cm³/mol. The molecule has 0 bridgehead atoms. The van der Waals surface area contributed by atoms with E-state index in [1.165, 1.54) is 20.7 Å². The molecule has 6 nitrogen and oxygen atoms in total. The third-order valence-corrected chi connectivity index (χ3v) is 18.2. The average Bonchev–Trinajstić information content (AvgIpc) is 4.16. The highest BCUT2D eigenvalue weighted by Crippen LogP contribution is 2.49. The molecule has 0 saturated heterocycles.